The van der Waals surface area contributed by atoms with Gasteiger partial charge in [0.1, 0.15) is 0 Å². The summed E-state index contributed by atoms with van der Waals surface area (Å²) in [5, 5.41) is 3.60. The van der Waals surface area contributed by atoms with Crippen LogP contribution in [-0.2, 0) is 4.43 Å². The van der Waals surface area contributed by atoms with E-state index in [9.17, 15) is 0 Å². The molecule has 98 valence electrons. The molecule has 0 fully saturated rings. The topological polar surface area (TPSA) is 21.3 Å². The van der Waals surface area contributed by atoms with E-state index in [1.54, 1.807) is 0 Å². The van der Waals surface area contributed by atoms with Gasteiger partial charge in [0.25, 0.3) is 0 Å². The van der Waals surface area contributed by atoms with Gasteiger partial charge in [0.05, 0.1) is 6.23 Å². The molecular weight excluding hydrogens is 214 g/mol. The van der Waals surface area contributed by atoms with Crippen molar-refractivity contribution >= 4 is 8.32 Å². The molecule has 0 saturated carbocycles. The van der Waals surface area contributed by atoms with E-state index in [1.807, 2.05) is 7.05 Å². The quantitative estimate of drug-likeness (QED) is 0.413. The molecule has 0 heterocycles. The molecule has 0 bridgehead atoms. The molecule has 0 aliphatic rings. The molecule has 0 amide bonds. The van der Waals surface area contributed by atoms with Crippen LogP contribution >= 0.6 is 0 Å². The van der Waals surface area contributed by atoms with Gasteiger partial charge in [-0.25, -0.2) is 0 Å². The predicted molar refractivity (Wildman–Crippen MR) is 75.3 cm³/mol. The Morgan fingerprint density at radius 2 is 1.75 bits per heavy atom. The van der Waals surface area contributed by atoms with Crippen LogP contribution < -0.4 is 5.32 Å². The van der Waals surface area contributed by atoms with Crippen LogP contribution in [0.5, 0.6) is 0 Å². The Kier molecular flexibility index (Phi) is 6.83. The Hall–Kier alpha value is 0.137. The summed E-state index contributed by atoms with van der Waals surface area (Å²) < 4.78 is 6.33. The van der Waals surface area contributed by atoms with Crippen molar-refractivity contribution in [2.24, 2.45) is 0 Å². The van der Waals surface area contributed by atoms with Gasteiger partial charge < -0.3 is 4.43 Å². The van der Waals surface area contributed by atoms with Crippen LogP contribution in [0.2, 0.25) is 18.1 Å². The standard InChI is InChI=1S/C13H31NOSi/c1-8-9-10-11-12(14-5)15-16(6,7)13(2,3)4/h12,14H,8-11H2,1-7H3. The van der Waals surface area contributed by atoms with Crippen LogP contribution in [-0.4, -0.2) is 21.6 Å². The minimum absolute atomic E-state index is 0.243. The second kappa shape index (κ2) is 6.77. The number of hydrogen-bond donors (Lipinski definition) is 1. The first-order valence-electron chi connectivity index (χ1n) is 6.59. The molecule has 0 saturated heterocycles. The lowest BCUT2D eigenvalue weighted by atomic mass is 10.2. The van der Waals surface area contributed by atoms with Crippen molar-refractivity contribution in [2.75, 3.05) is 7.05 Å². The van der Waals surface area contributed by atoms with Crippen molar-refractivity contribution in [2.45, 2.75) is 77.7 Å². The average Bonchev–Trinajstić information content (AvgIpc) is 2.14. The summed E-state index contributed by atoms with van der Waals surface area (Å²) in [4.78, 5) is 0. The van der Waals surface area contributed by atoms with Gasteiger partial charge in [-0.3, -0.25) is 5.32 Å². The third kappa shape index (κ3) is 5.46. The fourth-order valence-electron chi connectivity index (χ4n) is 1.37. The monoisotopic (exact) mass is 245 g/mol. The van der Waals surface area contributed by atoms with Gasteiger partial charge in [0.15, 0.2) is 8.32 Å². The van der Waals surface area contributed by atoms with Crippen molar-refractivity contribution in [1.29, 1.82) is 0 Å². The van der Waals surface area contributed by atoms with Crippen LogP contribution in [0.25, 0.3) is 0 Å². The molecule has 1 atom stereocenters. The summed E-state index contributed by atoms with van der Waals surface area (Å²) in [5.41, 5.74) is 0. The molecule has 0 aromatic rings. The predicted octanol–water partition coefficient (Wildman–Crippen LogP) is 4.13. The second-order valence-corrected chi connectivity index (χ2v) is 10.9. The zero-order valence-electron chi connectivity index (χ0n) is 12.3. The first-order valence-corrected chi connectivity index (χ1v) is 9.50. The lowest BCUT2D eigenvalue weighted by Gasteiger charge is -2.39. The molecule has 0 spiro atoms. The molecule has 16 heavy (non-hydrogen) atoms. The Bertz CT molecular complexity index is 187. The Labute approximate surface area is 103 Å². The van der Waals surface area contributed by atoms with Gasteiger partial charge >= 0.3 is 0 Å². The summed E-state index contributed by atoms with van der Waals surface area (Å²) >= 11 is 0. The highest BCUT2D eigenvalue weighted by atomic mass is 28.4. The average molecular weight is 245 g/mol. The molecule has 0 aromatic heterocycles. The molecule has 0 rings (SSSR count). The number of unbranched alkanes of at least 4 members (excludes halogenated alkanes) is 2. The van der Waals surface area contributed by atoms with Crippen molar-refractivity contribution in [3.8, 4) is 0 Å². The van der Waals surface area contributed by atoms with Crippen molar-refractivity contribution in [1.82, 2.24) is 5.32 Å². The van der Waals surface area contributed by atoms with Gasteiger partial charge in [0.2, 0.25) is 0 Å². The molecule has 0 radical (unpaired) electrons. The van der Waals surface area contributed by atoms with Crippen LogP contribution in [0.4, 0.5) is 0 Å². The minimum atomic E-state index is -1.61. The smallest absolute Gasteiger partial charge is 0.194 e. The second-order valence-electron chi connectivity index (χ2n) is 6.15. The first kappa shape index (κ1) is 16.1. The minimum Gasteiger partial charge on any atom is -0.402 e. The molecule has 0 aliphatic heterocycles. The fraction of sp³-hybridized carbons (Fsp3) is 1.00. The highest BCUT2D eigenvalue weighted by Crippen LogP contribution is 2.37. The molecular formula is C13H31NOSi. The van der Waals surface area contributed by atoms with E-state index in [0.29, 0.717) is 5.04 Å². The van der Waals surface area contributed by atoms with Gasteiger partial charge in [-0.1, -0.05) is 40.5 Å². The maximum Gasteiger partial charge on any atom is 0.194 e. The van der Waals surface area contributed by atoms with Gasteiger partial charge in [-0.2, -0.15) is 0 Å². The largest absolute Gasteiger partial charge is 0.402 e. The number of hydrogen-bond acceptors (Lipinski definition) is 2. The maximum atomic E-state index is 6.33. The number of nitrogens with one attached hydrogen (secondary N) is 1. The molecule has 0 aliphatic carbocycles. The van der Waals surface area contributed by atoms with Gasteiger partial charge in [-0.15, -0.1) is 0 Å². The zero-order valence-corrected chi connectivity index (χ0v) is 13.3. The highest BCUT2D eigenvalue weighted by molar-refractivity contribution is 6.74. The van der Waals surface area contributed by atoms with Gasteiger partial charge in [-0.05, 0) is 38.0 Å². The summed E-state index contributed by atoms with van der Waals surface area (Å²) in [5.74, 6) is 0. The van der Waals surface area contributed by atoms with Crippen LogP contribution in [0.3, 0.4) is 0 Å². The maximum absolute atomic E-state index is 6.33. The van der Waals surface area contributed by atoms with Crippen LogP contribution in [0, 0.1) is 0 Å². The van der Waals surface area contributed by atoms with E-state index < -0.39 is 8.32 Å². The molecule has 2 nitrogen and oxygen atoms in total. The molecule has 3 heteroatoms. The van der Waals surface area contributed by atoms with E-state index in [1.165, 1.54) is 19.3 Å². The summed E-state index contributed by atoms with van der Waals surface area (Å²) in [6.45, 7) is 13.7. The normalized spacial score (nSPS) is 15.2. The lowest BCUT2D eigenvalue weighted by Crippen LogP contribution is -2.47. The van der Waals surface area contributed by atoms with Crippen molar-refractivity contribution in [3.05, 3.63) is 0 Å². The SMILES string of the molecule is CCCCCC(NC)O[Si](C)(C)C(C)(C)C. The van der Waals surface area contributed by atoms with Crippen LogP contribution in [0.1, 0.15) is 53.4 Å². The van der Waals surface area contributed by atoms with Crippen LogP contribution in [0.15, 0.2) is 0 Å². The zero-order chi connectivity index (χ0) is 12.8. The Morgan fingerprint density at radius 3 is 2.12 bits per heavy atom. The number of rotatable bonds is 7. The van der Waals surface area contributed by atoms with E-state index in [-0.39, 0.29) is 6.23 Å². The first-order chi connectivity index (χ1) is 7.24. The summed E-state index contributed by atoms with van der Waals surface area (Å²) in [6, 6.07) is 0. The Balaban J connectivity index is 4.20. The fourth-order valence-corrected chi connectivity index (χ4v) is 2.67. The van der Waals surface area contributed by atoms with E-state index in [4.69, 9.17) is 4.43 Å². The molecule has 1 unspecified atom stereocenters. The molecule has 1 N–H and O–H groups in total. The summed E-state index contributed by atoms with van der Waals surface area (Å²) in [7, 11) is 0.392. The molecule has 0 aromatic carbocycles. The van der Waals surface area contributed by atoms with Gasteiger partial charge in [0, 0.05) is 0 Å². The highest BCUT2D eigenvalue weighted by Gasteiger charge is 2.38. The van der Waals surface area contributed by atoms with E-state index in [0.717, 1.165) is 6.42 Å². The third-order valence-corrected chi connectivity index (χ3v) is 8.12. The summed E-state index contributed by atoms with van der Waals surface area (Å²) in [6.07, 6.45) is 5.22. The Morgan fingerprint density at radius 1 is 1.19 bits per heavy atom. The van der Waals surface area contributed by atoms with E-state index >= 15 is 0 Å². The van der Waals surface area contributed by atoms with Crippen molar-refractivity contribution < 1.29 is 4.43 Å². The van der Waals surface area contributed by atoms with E-state index in [2.05, 4.69) is 46.1 Å². The lowest BCUT2D eigenvalue weighted by molar-refractivity contribution is 0.141. The third-order valence-electron chi connectivity index (χ3n) is 3.63. The van der Waals surface area contributed by atoms with Crippen molar-refractivity contribution in [3.63, 3.8) is 0 Å².